The second-order valence-electron chi connectivity index (χ2n) is 7.71. The number of carbonyl (C=O) groups is 1. The summed E-state index contributed by atoms with van der Waals surface area (Å²) in [4.78, 5) is 14.8. The third-order valence-corrected chi connectivity index (χ3v) is 6.68. The molecule has 0 aliphatic carbocycles. The van der Waals surface area contributed by atoms with Crippen LogP contribution in [0.5, 0.6) is 10.8 Å². The number of hydrogen-bond acceptors (Lipinski definition) is 6. The number of anilines is 1. The number of fused-ring (bicyclic) bond motifs is 2. The first-order valence-electron chi connectivity index (χ1n) is 10.0. The zero-order chi connectivity index (χ0) is 18.9. The first-order valence-corrected chi connectivity index (χ1v) is 10.9. The zero-order valence-electron chi connectivity index (χ0n) is 15.7. The first kappa shape index (κ1) is 18.0. The number of morpholine rings is 1. The van der Waals surface area contributed by atoms with Gasteiger partial charge in [-0.05, 0) is 43.5 Å². The van der Waals surface area contributed by atoms with Crippen molar-refractivity contribution >= 4 is 22.9 Å². The van der Waals surface area contributed by atoms with E-state index in [-0.39, 0.29) is 11.9 Å². The number of hydrogen-bond donors (Lipinski definition) is 2. The van der Waals surface area contributed by atoms with Crippen LogP contribution in [-0.2, 0) is 4.74 Å². The average Bonchev–Trinajstić information content (AvgIpc) is 3.46. The van der Waals surface area contributed by atoms with Crippen molar-refractivity contribution in [3.05, 3.63) is 41.3 Å². The maximum atomic E-state index is 12.5. The van der Waals surface area contributed by atoms with Crippen LogP contribution in [0.4, 0.5) is 5.69 Å². The third kappa shape index (κ3) is 3.74. The molecular weight excluding hydrogens is 374 g/mol. The number of nitrogens with one attached hydrogen (secondary N) is 2. The van der Waals surface area contributed by atoms with Gasteiger partial charge in [-0.2, -0.15) is 0 Å². The molecule has 7 heteroatoms. The van der Waals surface area contributed by atoms with Crippen LogP contribution in [0.3, 0.4) is 0 Å². The Morgan fingerprint density at radius 2 is 2.04 bits per heavy atom. The second kappa shape index (κ2) is 7.73. The van der Waals surface area contributed by atoms with Gasteiger partial charge in [0.2, 0.25) is 0 Å². The summed E-state index contributed by atoms with van der Waals surface area (Å²) in [6.07, 6.45) is 3.44. The minimum atomic E-state index is -0.00312. The number of benzene rings is 1. The summed E-state index contributed by atoms with van der Waals surface area (Å²) in [5.41, 5.74) is 1.86. The molecule has 3 aliphatic heterocycles. The molecule has 0 saturated carbocycles. The molecule has 4 heterocycles. The molecule has 3 saturated heterocycles. The Morgan fingerprint density at radius 3 is 2.75 bits per heavy atom. The van der Waals surface area contributed by atoms with Crippen molar-refractivity contribution in [2.45, 2.75) is 37.4 Å². The normalized spacial score (nSPS) is 26.4. The molecule has 28 heavy (non-hydrogen) atoms. The lowest BCUT2D eigenvalue weighted by atomic mass is 9.95. The Bertz CT molecular complexity index is 832. The van der Waals surface area contributed by atoms with Gasteiger partial charge in [-0.3, -0.25) is 4.79 Å². The van der Waals surface area contributed by atoms with Crippen LogP contribution in [0.25, 0.3) is 0 Å². The van der Waals surface area contributed by atoms with E-state index >= 15 is 0 Å². The molecule has 3 atom stereocenters. The predicted molar refractivity (Wildman–Crippen MR) is 110 cm³/mol. The third-order valence-electron chi connectivity index (χ3n) is 5.89. The monoisotopic (exact) mass is 399 g/mol. The van der Waals surface area contributed by atoms with Gasteiger partial charge in [0.1, 0.15) is 5.75 Å². The van der Waals surface area contributed by atoms with Crippen LogP contribution in [-0.4, -0.2) is 50.3 Å². The highest BCUT2D eigenvalue weighted by atomic mass is 32.1. The van der Waals surface area contributed by atoms with Crippen molar-refractivity contribution < 1.29 is 14.3 Å². The van der Waals surface area contributed by atoms with Gasteiger partial charge in [-0.15, -0.1) is 11.3 Å². The molecule has 1 aromatic carbocycles. The Morgan fingerprint density at radius 1 is 1.21 bits per heavy atom. The van der Waals surface area contributed by atoms with Gasteiger partial charge in [0.25, 0.3) is 5.91 Å². The summed E-state index contributed by atoms with van der Waals surface area (Å²) in [6, 6.07) is 10.7. The highest BCUT2D eigenvalue weighted by Crippen LogP contribution is 2.33. The van der Waals surface area contributed by atoms with Gasteiger partial charge in [-0.1, -0.05) is 0 Å². The highest BCUT2D eigenvalue weighted by Gasteiger charge is 2.39. The van der Waals surface area contributed by atoms with Crippen molar-refractivity contribution in [2.24, 2.45) is 0 Å². The summed E-state index contributed by atoms with van der Waals surface area (Å²) in [5.74, 6) is 0.741. The molecule has 6 nitrogen and oxygen atoms in total. The van der Waals surface area contributed by atoms with Crippen LogP contribution < -0.4 is 20.3 Å². The van der Waals surface area contributed by atoms with Crippen LogP contribution in [0.1, 0.15) is 29.6 Å². The van der Waals surface area contributed by atoms with Gasteiger partial charge in [-0.25, -0.2) is 0 Å². The molecule has 3 aliphatic rings. The summed E-state index contributed by atoms with van der Waals surface area (Å²) < 4.78 is 11.4. The Labute approximate surface area is 168 Å². The van der Waals surface area contributed by atoms with Gasteiger partial charge < -0.3 is 25.0 Å². The quantitative estimate of drug-likeness (QED) is 0.809. The lowest BCUT2D eigenvalue weighted by Crippen LogP contribution is -2.42. The van der Waals surface area contributed by atoms with Crippen molar-refractivity contribution in [3.8, 4) is 10.8 Å². The largest absolute Gasteiger partial charge is 0.447 e. The average molecular weight is 400 g/mol. The Balaban J connectivity index is 1.18. The van der Waals surface area contributed by atoms with E-state index in [1.54, 1.807) is 11.3 Å². The van der Waals surface area contributed by atoms with Gasteiger partial charge in [0.05, 0.1) is 18.9 Å². The summed E-state index contributed by atoms with van der Waals surface area (Å²) in [5, 5.41) is 9.70. The lowest BCUT2D eigenvalue weighted by Gasteiger charge is -2.27. The molecule has 5 rings (SSSR count). The van der Waals surface area contributed by atoms with E-state index in [9.17, 15) is 4.79 Å². The molecule has 3 unspecified atom stereocenters. The fourth-order valence-electron chi connectivity index (χ4n) is 4.37. The fraction of sp³-hybridized carbons (Fsp3) is 0.476. The Hall–Kier alpha value is -2.09. The smallest absolute Gasteiger partial charge is 0.251 e. The van der Waals surface area contributed by atoms with Crippen LogP contribution >= 0.6 is 11.3 Å². The van der Waals surface area contributed by atoms with Crippen molar-refractivity contribution in [1.82, 2.24) is 10.6 Å². The second-order valence-corrected chi connectivity index (χ2v) is 8.59. The summed E-state index contributed by atoms with van der Waals surface area (Å²) in [6.45, 7) is 3.37. The summed E-state index contributed by atoms with van der Waals surface area (Å²) in [7, 11) is 0. The van der Waals surface area contributed by atoms with Crippen molar-refractivity contribution in [3.63, 3.8) is 0 Å². The molecule has 3 fully saturated rings. The molecule has 2 bridgehead atoms. The van der Waals surface area contributed by atoms with Gasteiger partial charge in [0, 0.05) is 48.2 Å². The van der Waals surface area contributed by atoms with E-state index in [1.807, 2.05) is 24.3 Å². The van der Waals surface area contributed by atoms with Crippen molar-refractivity contribution in [2.75, 3.05) is 31.2 Å². The molecule has 148 valence electrons. The fourth-order valence-corrected chi connectivity index (χ4v) is 5.16. The molecule has 1 amide bonds. The maximum Gasteiger partial charge on any atom is 0.251 e. The maximum absolute atomic E-state index is 12.5. The molecular formula is C21H25N3O3S. The van der Waals surface area contributed by atoms with Crippen molar-refractivity contribution in [1.29, 1.82) is 0 Å². The van der Waals surface area contributed by atoms with E-state index in [4.69, 9.17) is 9.47 Å². The molecule has 2 aromatic rings. The lowest BCUT2D eigenvalue weighted by molar-refractivity contribution is 0.0931. The van der Waals surface area contributed by atoms with Gasteiger partial charge in [0.15, 0.2) is 5.06 Å². The summed E-state index contributed by atoms with van der Waals surface area (Å²) >= 11 is 1.59. The van der Waals surface area contributed by atoms with Crippen LogP contribution in [0.2, 0.25) is 0 Å². The molecule has 2 N–H and O–H groups in total. The van der Waals surface area contributed by atoms with E-state index < -0.39 is 0 Å². The van der Waals surface area contributed by atoms with Crippen LogP contribution in [0, 0.1) is 0 Å². The minimum Gasteiger partial charge on any atom is -0.447 e. The standard InChI is InChI=1S/C21H25N3O3S/c25-21(23-19-11-15-3-6-18(19)22-15)14-1-4-17(5-2-14)27-20-12-16(13-28-20)24-7-9-26-10-8-24/h1-2,4-5,12-13,15,18-19,22H,3,6-11H2,(H,23,25). The van der Waals surface area contributed by atoms with E-state index in [2.05, 4.69) is 27.0 Å². The van der Waals surface area contributed by atoms with E-state index in [0.717, 1.165) is 50.0 Å². The number of ether oxygens (including phenoxy) is 2. The zero-order valence-corrected chi connectivity index (χ0v) is 16.5. The SMILES string of the molecule is O=C(NC1CC2CCC1N2)c1ccc(Oc2cc(N3CCOCC3)cs2)cc1. The number of amides is 1. The molecule has 0 radical (unpaired) electrons. The van der Waals surface area contributed by atoms with Crippen LogP contribution in [0.15, 0.2) is 35.7 Å². The number of carbonyl (C=O) groups excluding carboxylic acids is 1. The predicted octanol–water partition coefficient (Wildman–Crippen LogP) is 3.00. The Kier molecular flexibility index (Phi) is 4.96. The highest BCUT2D eigenvalue weighted by molar-refractivity contribution is 7.12. The molecule has 0 spiro atoms. The first-order chi connectivity index (χ1) is 13.7. The number of thiophene rings is 1. The minimum absolute atomic E-state index is 0.00312. The number of nitrogens with zero attached hydrogens (tertiary/aromatic N) is 1. The topological polar surface area (TPSA) is 62.8 Å². The van der Waals surface area contributed by atoms with Gasteiger partial charge >= 0.3 is 0 Å². The molecule has 1 aromatic heterocycles. The number of rotatable bonds is 5. The van der Waals surface area contributed by atoms with E-state index in [1.165, 1.54) is 12.1 Å². The van der Waals surface area contributed by atoms with E-state index in [0.29, 0.717) is 17.6 Å².